The molecule has 0 saturated carbocycles. The van der Waals surface area contributed by atoms with Crippen molar-refractivity contribution in [2.24, 2.45) is 0 Å². The van der Waals surface area contributed by atoms with Gasteiger partial charge in [-0.15, -0.1) is 11.3 Å². The van der Waals surface area contributed by atoms with Crippen molar-refractivity contribution in [2.75, 3.05) is 6.54 Å². The SMILES string of the molecule is CCNC(C)c1csc(-c2ccc(F)cc2C(F)(F)F)n1. The van der Waals surface area contributed by atoms with Crippen LogP contribution < -0.4 is 5.32 Å². The van der Waals surface area contributed by atoms with E-state index in [0.29, 0.717) is 11.8 Å². The maximum Gasteiger partial charge on any atom is 0.417 e. The summed E-state index contributed by atoms with van der Waals surface area (Å²) >= 11 is 1.12. The van der Waals surface area contributed by atoms with Crippen LogP contribution in [0.25, 0.3) is 10.6 Å². The van der Waals surface area contributed by atoms with Gasteiger partial charge in [0.05, 0.1) is 11.3 Å². The Kier molecular flexibility index (Phi) is 4.63. The lowest BCUT2D eigenvalue weighted by molar-refractivity contribution is -0.137. The number of thiazole rings is 1. The molecule has 1 N–H and O–H groups in total. The smallest absolute Gasteiger partial charge is 0.309 e. The van der Waals surface area contributed by atoms with E-state index in [2.05, 4.69) is 10.3 Å². The lowest BCUT2D eigenvalue weighted by Crippen LogP contribution is -2.17. The zero-order valence-corrected chi connectivity index (χ0v) is 12.3. The number of aromatic nitrogens is 1. The summed E-state index contributed by atoms with van der Waals surface area (Å²) in [6, 6.07) is 2.59. The van der Waals surface area contributed by atoms with Crippen molar-refractivity contribution in [3.8, 4) is 10.6 Å². The van der Waals surface area contributed by atoms with Crippen LogP contribution in [-0.4, -0.2) is 11.5 Å². The van der Waals surface area contributed by atoms with Gasteiger partial charge in [0.25, 0.3) is 0 Å². The van der Waals surface area contributed by atoms with E-state index in [-0.39, 0.29) is 16.6 Å². The molecule has 1 aromatic heterocycles. The van der Waals surface area contributed by atoms with Crippen LogP contribution >= 0.6 is 11.3 Å². The Labute approximate surface area is 123 Å². The summed E-state index contributed by atoms with van der Waals surface area (Å²) in [5.41, 5.74) is -0.419. The molecule has 0 saturated heterocycles. The number of alkyl halides is 3. The van der Waals surface area contributed by atoms with Gasteiger partial charge in [0.1, 0.15) is 10.8 Å². The van der Waals surface area contributed by atoms with E-state index in [1.807, 2.05) is 13.8 Å². The maximum atomic E-state index is 13.1. The molecule has 1 heterocycles. The molecule has 0 spiro atoms. The third-order valence-corrected chi connectivity index (χ3v) is 3.89. The normalized spacial score (nSPS) is 13.4. The molecule has 7 heteroatoms. The summed E-state index contributed by atoms with van der Waals surface area (Å²) in [5, 5.41) is 5.09. The first-order chi connectivity index (χ1) is 9.82. The largest absolute Gasteiger partial charge is 0.417 e. The van der Waals surface area contributed by atoms with E-state index in [9.17, 15) is 17.6 Å². The number of hydrogen-bond donors (Lipinski definition) is 1. The van der Waals surface area contributed by atoms with E-state index >= 15 is 0 Å². The van der Waals surface area contributed by atoms with Crippen LogP contribution in [0.1, 0.15) is 31.1 Å². The summed E-state index contributed by atoms with van der Waals surface area (Å²) in [5.74, 6) is -0.913. The van der Waals surface area contributed by atoms with Crippen LogP contribution in [0, 0.1) is 5.82 Å². The highest BCUT2D eigenvalue weighted by atomic mass is 32.1. The second-order valence-corrected chi connectivity index (χ2v) is 5.40. The van der Waals surface area contributed by atoms with Gasteiger partial charge in [-0.25, -0.2) is 9.37 Å². The molecule has 114 valence electrons. The van der Waals surface area contributed by atoms with Crippen molar-refractivity contribution in [3.05, 3.63) is 40.7 Å². The molecule has 2 nitrogen and oxygen atoms in total. The fraction of sp³-hybridized carbons (Fsp3) is 0.357. The Morgan fingerprint density at radius 2 is 2.05 bits per heavy atom. The molecule has 1 atom stereocenters. The minimum Gasteiger partial charge on any atom is -0.309 e. The Morgan fingerprint density at radius 3 is 2.67 bits per heavy atom. The molecular formula is C14H14F4N2S. The highest BCUT2D eigenvalue weighted by Crippen LogP contribution is 2.38. The van der Waals surface area contributed by atoms with Gasteiger partial charge < -0.3 is 5.32 Å². The molecule has 0 bridgehead atoms. The second-order valence-electron chi connectivity index (χ2n) is 4.54. The predicted molar refractivity (Wildman–Crippen MR) is 74.6 cm³/mol. The lowest BCUT2D eigenvalue weighted by Gasteiger charge is -2.11. The van der Waals surface area contributed by atoms with E-state index in [1.165, 1.54) is 0 Å². The predicted octanol–water partition coefficient (Wildman–Crippen LogP) is 4.64. The molecule has 0 aliphatic heterocycles. The van der Waals surface area contributed by atoms with Gasteiger partial charge in [-0.1, -0.05) is 6.92 Å². The lowest BCUT2D eigenvalue weighted by atomic mass is 10.1. The average molecular weight is 318 g/mol. The highest BCUT2D eigenvalue weighted by molar-refractivity contribution is 7.13. The van der Waals surface area contributed by atoms with Gasteiger partial charge in [-0.2, -0.15) is 13.2 Å². The minimum atomic E-state index is -4.61. The highest BCUT2D eigenvalue weighted by Gasteiger charge is 2.35. The summed E-state index contributed by atoms with van der Waals surface area (Å²) < 4.78 is 52.1. The van der Waals surface area contributed by atoms with Gasteiger partial charge in [0.15, 0.2) is 0 Å². The van der Waals surface area contributed by atoms with E-state index in [4.69, 9.17) is 0 Å². The molecule has 0 amide bonds. The molecule has 2 aromatic rings. The standard InChI is InChI=1S/C14H14F4N2S/c1-3-19-8(2)12-7-21-13(20-12)10-5-4-9(15)6-11(10)14(16,17)18/h4-8,19H,3H2,1-2H3. The summed E-state index contributed by atoms with van der Waals surface area (Å²) in [6.45, 7) is 4.56. The first-order valence-corrected chi connectivity index (χ1v) is 7.26. The zero-order valence-electron chi connectivity index (χ0n) is 11.5. The van der Waals surface area contributed by atoms with Crippen molar-refractivity contribution >= 4 is 11.3 Å². The van der Waals surface area contributed by atoms with Gasteiger partial charge in [-0.3, -0.25) is 0 Å². The van der Waals surface area contributed by atoms with Crippen LogP contribution in [0.5, 0.6) is 0 Å². The number of hydrogen-bond acceptors (Lipinski definition) is 3. The number of halogens is 4. The molecule has 1 aromatic carbocycles. The molecule has 1 unspecified atom stereocenters. The Balaban J connectivity index is 2.43. The molecule has 0 radical (unpaired) electrons. The number of benzene rings is 1. The van der Waals surface area contributed by atoms with Crippen molar-refractivity contribution in [1.29, 1.82) is 0 Å². The second kappa shape index (κ2) is 6.11. The van der Waals surface area contributed by atoms with Crippen LogP contribution in [0.2, 0.25) is 0 Å². The summed E-state index contributed by atoms with van der Waals surface area (Å²) in [4.78, 5) is 4.24. The van der Waals surface area contributed by atoms with Gasteiger partial charge in [0, 0.05) is 17.0 Å². The Morgan fingerprint density at radius 1 is 1.33 bits per heavy atom. The molecule has 0 aliphatic carbocycles. The molecule has 0 fully saturated rings. The first-order valence-electron chi connectivity index (χ1n) is 6.39. The third-order valence-electron chi connectivity index (χ3n) is 2.99. The fourth-order valence-electron chi connectivity index (χ4n) is 1.96. The topological polar surface area (TPSA) is 24.9 Å². The van der Waals surface area contributed by atoms with E-state index in [0.717, 1.165) is 30.0 Å². The number of rotatable bonds is 4. The van der Waals surface area contributed by atoms with E-state index in [1.54, 1.807) is 5.38 Å². The maximum absolute atomic E-state index is 13.1. The van der Waals surface area contributed by atoms with Crippen molar-refractivity contribution < 1.29 is 17.6 Å². The van der Waals surface area contributed by atoms with Crippen molar-refractivity contribution in [3.63, 3.8) is 0 Å². The van der Waals surface area contributed by atoms with Gasteiger partial charge >= 0.3 is 6.18 Å². The molecule has 2 rings (SSSR count). The Bertz CT molecular complexity index is 622. The Hall–Kier alpha value is -1.47. The fourth-order valence-corrected chi connectivity index (χ4v) is 2.91. The third kappa shape index (κ3) is 3.59. The van der Waals surface area contributed by atoms with Crippen LogP contribution in [-0.2, 0) is 6.18 Å². The molecule has 21 heavy (non-hydrogen) atoms. The number of nitrogens with one attached hydrogen (secondary N) is 1. The van der Waals surface area contributed by atoms with Crippen LogP contribution in [0.4, 0.5) is 17.6 Å². The quantitative estimate of drug-likeness (QED) is 0.831. The van der Waals surface area contributed by atoms with E-state index < -0.39 is 17.6 Å². The zero-order chi connectivity index (χ0) is 15.6. The van der Waals surface area contributed by atoms with Crippen LogP contribution in [0.15, 0.2) is 23.6 Å². The first kappa shape index (κ1) is 15.9. The minimum absolute atomic E-state index is 0.0465. The summed E-state index contributed by atoms with van der Waals surface area (Å²) in [7, 11) is 0. The van der Waals surface area contributed by atoms with Crippen molar-refractivity contribution in [2.45, 2.75) is 26.1 Å². The summed E-state index contributed by atoms with van der Waals surface area (Å²) in [6.07, 6.45) is -4.61. The average Bonchev–Trinajstić information content (AvgIpc) is 2.87. The van der Waals surface area contributed by atoms with Gasteiger partial charge in [-0.05, 0) is 31.7 Å². The number of nitrogens with zero attached hydrogens (tertiary/aromatic N) is 1. The molecular weight excluding hydrogens is 304 g/mol. The van der Waals surface area contributed by atoms with Crippen molar-refractivity contribution in [1.82, 2.24) is 10.3 Å². The van der Waals surface area contributed by atoms with Gasteiger partial charge in [0.2, 0.25) is 0 Å². The molecule has 0 aliphatic rings. The van der Waals surface area contributed by atoms with Crippen LogP contribution in [0.3, 0.4) is 0 Å². The monoisotopic (exact) mass is 318 g/mol.